The third kappa shape index (κ3) is 5.61. The first-order valence-corrected chi connectivity index (χ1v) is 11.7. The Morgan fingerprint density at radius 3 is 2.54 bits per heavy atom. The van der Waals surface area contributed by atoms with Crippen LogP contribution in [-0.2, 0) is 0 Å². The first-order valence-electron chi connectivity index (χ1n) is 11.7. The minimum Gasteiger partial charge on any atom is -0.494 e. The van der Waals surface area contributed by atoms with Crippen LogP contribution < -0.4 is 4.74 Å². The predicted molar refractivity (Wildman–Crippen MR) is 117 cm³/mol. The second-order valence-corrected chi connectivity index (χ2v) is 9.25. The molecule has 0 amide bonds. The largest absolute Gasteiger partial charge is 0.494 e. The first-order chi connectivity index (χ1) is 13.7. The van der Waals surface area contributed by atoms with Crippen LogP contribution in [-0.4, -0.2) is 7.11 Å². The van der Waals surface area contributed by atoms with Crippen LogP contribution in [0.5, 0.6) is 5.75 Å². The average Bonchev–Trinajstić information content (AvgIpc) is 2.73. The molecule has 0 spiro atoms. The molecule has 1 saturated carbocycles. The van der Waals surface area contributed by atoms with Crippen molar-refractivity contribution in [3.8, 4) is 5.75 Å². The molecule has 2 aliphatic rings. The smallest absolute Gasteiger partial charge is 0.165 e. The molecule has 0 heterocycles. The number of ether oxygens (including phenoxy) is 1. The lowest BCUT2D eigenvalue weighted by Crippen LogP contribution is -2.25. The van der Waals surface area contributed by atoms with Crippen LogP contribution in [0.15, 0.2) is 29.8 Å². The number of allylic oxidation sites excluding steroid dienone is 2. The van der Waals surface area contributed by atoms with Gasteiger partial charge >= 0.3 is 0 Å². The van der Waals surface area contributed by atoms with Crippen molar-refractivity contribution in [2.45, 2.75) is 103 Å². The van der Waals surface area contributed by atoms with Gasteiger partial charge < -0.3 is 4.74 Å². The fraction of sp³-hybridized carbons (Fsp3) is 0.692. The number of hydrogen-bond donors (Lipinski definition) is 0. The maximum absolute atomic E-state index is 14.4. The lowest BCUT2D eigenvalue weighted by atomic mass is 9.67. The summed E-state index contributed by atoms with van der Waals surface area (Å²) in [6.45, 7) is 2.33. The fourth-order valence-corrected chi connectivity index (χ4v) is 5.67. The second-order valence-electron chi connectivity index (χ2n) is 9.25. The third-order valence-corrected chi connectivity index (χ3v) is 7.26. The molecule has 3 rings (SSSR count). The molecule has 2 aliphatic carbocycles. The molecule has 0 aliphatic heterocycles. The van der Waals surface area contributed by atoms with Crippen molar-refractivity contribution in [2.24, 2.45) is 5.41 Å². The van der Waals surface area contributed by atoms with Crippen LogP contribution in [0.2, 0.25) is 0 Å². The van der Waals surface area contributed by atoms with Crippen molar-refractivity contribution in [3.05, 3.63) is 41.2 Å². The van der Waals surface area contributed by atoms with Crippen LogP contribution >= 0.6 is 0 Å². The molecule has 1 fully saturated rings. The van der Waals surface area contributed by atoms with Crippen molar-refractivity contribution in [1.29, 1.82) is 0 Å². The zero-order valence-electron chi connectivity index (χ0n) is 18.1. The summed E-state index contributed by atoms with van der Waals surface area (Å²) in [7, 11) is 1.54. The Kier molecular flexibility index (Phi) is 8.00. The van der Waals surface area contributed by atoms with Crippen molar-refractivity contribution in [3.63, 3.8) is 0 Å². The summed E-state index contributed by atoms with van der Waals surface area (Å²) in [4.78, 5) is 0. The number of halogens is 1. The number of benzene rings is 1. The zero-order chi connectivity index (χ0) is 19.8. The number of hydrogen-bond acceptors (Lipinski definition) is 1. The van der Waals surface area contributed by atoms with Gasteiger partial charge in [-0.25, -0.2) is 4.39 Å². The Balaban J connectivity index is 1.77. The molecule has 28 heavy (non-hydrogen) atoms. The van der Waals surface area contributed by atoms with Crippen molar-refractivity contribution in [1.82, 2.24) is 0 Å². The van der Waals surface area contributed by atoms with Gasteiger partial charge in [-0.1, -0.05) is 50.3 Å². The van der Waals surface area contributed by atoms with Gasteiger partial charge in [0.25, 0.3) is 0 Å². The summed E-state index contributed by atoms with van der Waals surface area (Å²) >= 11 is 0. The molecule has 1 unspecified atom stereocenters. The SMILES string of the molecule is CCCC1(CCC(CC2=CCCCC2)c2ccc(OC)c(F)c2)CCCCC1. The third-order valence-electron chi connectivity index (χ3n) is 7.26. The molecule has 1 aromatic carbocycles. The number of rotatable bonds is 9. The molecule has 1 nitrogen and oxygen atoms in total. The Hall–Kier alpha value is -1.31. The minimum absolute atomic E-state index is 0.219. The van der Waals surface area contributed by atoms with Crippen molar-refractivity contribution < 1.29 is 9.13 Å². The van der Waals surface area contributed by atoms with E-state index in [1.54, 1.807) is 18.7 Å². The van der Waals surface area contributed by atoms with E-state index in [-0.39, 0.29) is 5.82 Å². The molecule has 1 atom stereocenters. The van der Waals surface area contributed by atoms with Crippen molar-refractivity contribution >= 4 is 0 Å². The standard InChI is InChI=1S/C26H39FO/c1-3-15-26(16-8-5-9-17-26)18-14-23(19-21-10-6-4-7-11-21)22-12-13-25(28-2)24(27)20-22/h10,12-13,20,23H,3-9,11,14-19H2,1-2H3. The highest BCUT2D eigenvalue weighted by Gasteiger charge is 2.32. The zero-order valence-corrected chi connectivity index (χ0v) is 18.1. The summed E-state index contributed by atoms with van der Waals surface area (Å²) < 4.78 is 19.6. The molecule has 0 saturated heterocycles. The summed E-state index contributed by atoms with van der Waals surface area (Å²) in [5, 5.41) is 0. The fourth-order valence-electron chi connectivity index (χ4n) is 5.67. The summed E-state index contributed by atoms with van der Waals surface area (Å²) in [6, 6.07) is 5.65. The van der Waals surface area contributed by atoms with Crippen LogP contribution in [0.25, 0.3) is 0 Å². The molecule has 0 bridgehead atoms. The van der Waals surface area contributed by atoms with E-state index < -0.39 is 0 Å². The van der Waals surface area contributed by atoms with E-state index in [4.69, 9.17) is 4.74 Å². The van der Waals surface area contributed by atoms with Gasteiger partial charge in [0.05, 0.1) is 7.11 Å². The summed E-state index contributed by atoms with van der Waals surface area (Å²) in [5.74, 6) is 0.568. The molecular formula is C26H39FO. The molecule has 0 radical (unpaired) electrons. The van der Waals surface area contributed by atoms with Crippen LogP contribution in [0.1, 0.15) is 108 Å². The molecule has 2 heteroatoms. The monoisotopic (exact) mass is 386 g/mol. The van der Waals surface area contributed by atoms with Gasteiger partial charge in [0, 0.05) is 0 Å². The van der Waals surface area contributed by atoms with E-state index in [1.165, 1.54) is 83.5 Å². The van der Waals surface area contributed by atoms with Crippen molar-refractivity contribution in [2.75, 3.05) is 7.11 Å². The average molecular weight is 387 g/mol. The van der Waals surface area contributed by atoms with E-state index in [9.17, 15) is 4.39 Å². The van der Waals surface area contributed by atoms with E-state index in [0.29, 0.717) is 17.1 Å². The first kappa shape index (κ1) is 21.4. The topological polar surface area (TPSA) is 9.23 Å². The second kappa shape index (κ2) is 10.5. The lowest BCUT2D eigenvalue weighted by molar-refractivity contribution is 0.147. The highest BCUT2D eigenvalue weighted by atomic mass is 19.1. The van der Waals surface area contributed by atoms with Crippen LogP contribution in [0.4, 0.5) is 4.39 Å². The van der Waals surface area contributed by atoms with Gasteiger partial charge in [0.2, 0.25) is 0 Å². The molecule has 0 aromatic heterocycles. The summed E-state index contributed by atoms with van der Waals surface area (Å²) in [6.07, 6.45) is 20.8. The van der Waals surface area contributed by atoms with E-state index in [2.05, 4.69) is 19.1 Å². The maximum Gasteiger partial charge on any atom is 0.165 e. The molecular weight excluding hydrogens is 347 g/mol. The van der Waals surface area contributed by atoms with Crippen LogP contribution in [0.3, 0.4) is 0 Å². The van der Waals surface area contributed by atoms with E-state index >= 15 is 0 Å². The highest BCUT2D eigenvalue weighted by Crippen LogP contribution is 2.46. The van der Waals surface area contributed by atoms with Crippen LogP contribution in [0, 0.1) is 11.2 Å². The van der Waals surface area contributed by atoms with E-state index in [0.717, 1.165) is 12.0 Å². The van der Waals surface area contributed by atoms with Gasteiger partial charge in [-0.05, 0) is 93.2 Å². The Bertz CT molecular complexity index is 636. The Labute approximate surface area is 171 Å². The van der Waals surface area contributed by atoms with Gasteiger partial charge in [-0.3, -0.25) is 0 Å². The lowest BCUT2D eigenvalue weighted by Gasteiger charge is -2.38. The molecule has 156 valence electrons. The van der Waals surface area contributed by atoms with Gasteiger partial charge in [0.1, 0.15) is 0 Å². The maximum atomic E-state index is 14.4. The molecule has 1 aromatic rings. The quantitative estimate of drug-likeness (QED) is 0.387. The Morgan fingerprint density at radius 2 is 1.89 bits per heavy atom. The van der Waals surface area contributed by atoms with E-state index in [1.807, 2.05) is 6.07 Å². The molecule has 0 N–H and O–H groups in total. The normalized spacial score (nSPS) is 20.5. The summed E-state index contributed by atoms with van der Waals surface area (Å²) in [5.41, 5.74) is 3.30. The highest BCUT2D eigenvalue weighted by molar-refractivity contribution is 5.32. The van der Waals surface area contributed by atoms with Gasteiger partial charge in [-0.2, -0.15) is 0 Å². The number of methoxy groups -OCH3 is 1. The Morgan fingerprint density at radius 1 is 1.07 bits per heavy atom. The minimum atomic E-state index is -0.219. The van der Waals surface area contributed by atoms with Gasteiger partial charge in [0.15, 0.2) is 11.6 Å². The predicted octanol–water partition coefficient (Wildman–Crippen LogP) is 8.34. The van der Waals surface area contributed by atoms with Gasteiger partial charge in [-0.15, -0.1) is 0 Å².